The quantitative estimate of drug-likeness (QED) is 0.489. The molecule has 2 saturated heterocycles. The van der Waals surface area contributed by atoms with Crippen molar-refractivity contribution in [2.75, 3.05) is 13.1 Å². The Morgan fingerprint density at radius 2 is 1.64 bits per heavy atom. The highest BCUT2D eigenvalue weighted by Crippen LogP contribution is 2.40. The van der Waals surface area contributed by atoms with Crippen LogP contribution < -0.4 is 0 Å². The van der Waals surface area contributed by atoms with Crippen LogP contribution in [0.2, 0.25) is 0 Å². The molecule has 4 rings (SSSR count). The number of likely N-dealkylation sites (tertiary alicyclic amines) is 2. The molecule has 2 aromatic carbocycles. The predicted octanol–water partition coefficient (Wildman–Crippen LogP) is 3.06. The van der Waals surface area contributed by atoms with Gasteiger partial charge in [-0.1, -0.05) is 60.7 Å². The van der Waals surface area contributed by atoms with Crippen LogP contribution in [-0.2, 0) is 32.3 Å². The predicted molar refractivity (Wildman–Crippen MR) is 119 cm³/mol. The van der Waals surface area contributed by atoms with Crippen LogP contribution in [0.1, 0.15) is 30.9 Å². The Hall–Kier alpha value is -3.39. The van der Waals surface area contributed by atoms with Crippen LogP contribution in [0.25, 0.3) is 0 Å². The molecule has 0 radical (unpaired) electrons. The first kappa shape index (κ1) is 22.8. The average molecular weight is 453 g/mol. The lowest BCUT2D eigenvalue weighted by Crippen LogP contribution is -2.76. The van der Waals surface area contributed by atoms with Gasteiger partial charge in [-0.15, -0.1) is 0 Å². The number of nitrogens with zero attached hydrogens (tertiary/aromatic N) is 2. The van der Waals surface area contributed by atoms with Gasteiger partial charge >= 0.3 is 12.1 Å². The van der Waals surface area contributed by atoms with Crippen molar-refractivity contribution in [2.45, 2.75) is 50.7 Å². The summed E-state index contributed by atoms with van der Waals surface area (Å²) in [6, 6.07) is 17.9. The van der Waals surface area contributed by atoms with Crippen molar-refractivity contribution in [1.29, 1.82) is 0 Å². The monoisotopic (exact) mass is 452 g/mol. The van der Waals surface area contributed by atoms with E-state index in [1.165, 1.54) is 9.80 Å². The van der Waals surface area contributed by atoms with Crippen LogP contribution in [0, 0.1) is 0 Å². The highest BCUT2D eigenvalue weighted by molar-refractivity contribution is 5.99. The molecule has 33 heavy (non-hydrogen) atoms. The van der Waals surface area contributed by atoms with Crippen LogP contribution in [0.3, 0.4) is 0 Å². The molecule has 1 unspecified atom stereocenters. The first-order valence-electron chi connectivity index (χ1n) is 11.1. The van der Waals surface area contributed by atoms with Gasteiger partial charge in [-0.05, 0) is 30.9 Å². The number of carbonyl (C=O) groups excluding carboxylic acids is 2. The lowest BCUT2D eigenvalue weighted by atomic mass is 9.83. The van der Waals surface area contributed by atoms with Crippen LogP contribution >= 0.6 is 0 Å². The van der Waals surface area contributed by atoms with E-state index >= 15 is 0 Å². The van der Waals surface area contributed by atoms with E-state index in [9.17, 15) is 19.5 Å². The molecule has 0 aliphatic carbocycles. The molecule has 2 aliphatic heterocycles. The number of β-lactam (4-membered cyclic amide) rings is 1. The van der Waals surface area contributed by atoms with Gasteiger partial charge in [-0.3, -0.25) is 9.69 Å². The number of carbonyl (C=O) groups is 3. The molecule has 2 heterocycles. The first-order chi connectivity index (χ1) is 15.9. The second kappa shape index (κ2) is 9.62. The average Bonchev–Trinajstić information content (AvgIpc) is 3.29. The Kier molecular flexibility index (Phi) is 6.65. The minimum atomic E-state index is -1.11. The van der Waals surface area contributed by atoms with Crippen molar-refractivity contribution in [3.8, 4) is 0 Å². The smallest absolute Gasteiger partial charge is 0.408 e. The minimum absolute atomic E-state index is 0.0794. The van der Waals surface area contributed by atoms with Crippen molar-refractivity contribution < 1.29 is 29.0 Å². The van der Waals surface area contributed by atoms with E-state index in [4.69, 9.17) is 9.47 Å². The Bertz CT molecular complexity index is 998. The van der Waals surface area contributed by atoms with E-state index in [2.05, 4.69) is 0 Å². The maximum atomic E-state index is 13.3. The third-order valence-electron chi connectivity index (χ3n) is 6.41. The Morgan fingerprint density at radius 3 is 2.21 bits per heavy atom. The van der Waals surface area contributed by atoms with Gasteiger partial charge in [0, 0.05) is 6.54 Å². The zero-order valence-corrected chi connectivity index (χ0v) is 18.6. The third-order valence-corrected chi connectivity index (χ3v) is 6.41. The van der Waals surface area contributed by atoms with Crippen molar-refractivity contribution >= 4 is 18.0 Å². The third kappa shape index (κ3) is 4.57. The summed E-state index contributed by atoms with van der Waals surface area (Å²) in [6.45, 7) is 2.56. The molecule has 3 atom stereocenters. The summed E-state index contributed by atoms with van der Waals surface area (Å²) in [7, 11) is 0. The molecule has 2 aliphatic rings. The molecule has 2 aromatic rings. The molecular formula is C25H28N2O6. The number of ether oxygens (including phenoxy) is 2. The number of hydrogen-bond acceptors (Lipinski definition) is 5. The van der Waals surface area contributed by atoms with Gasteiger partial charge < -0.3 is 19.5 Å². The van der Waals surface area contributed by atoms with Gasteiger partial charge in [0.2, 0.25) is 0 Å². The fourth-order valence-electron chi connectivity index (χ4n) is 4.65. The molecule has 8 nitrogen and oxygen atoms in total. The highest BCUT2D eigenvalue weighted by Gasteiger charge is 2.62. The van der Waals surface area contributed by atoms with Crippen molar-refractivity contribution in [2.24, 2.45) is 0 Å². The van der Waals surface area contributed by atoms with Crippen LogP contribution in [0.4, 0.5) is 4.79 Å². The molecule has 1 N–H and O–H groups in total. The standard InChI is InChI=1S/C25H28N2O6/c1-18(32-15-19-9-4-2-5-10-19)21(22(28)33-16-20-11-6-3-7-12-20)26-17-25(23(26)29)13-8-14-27(25)24(30)31/h2-7,9-12,18,21H,8,13-17H2,1H3,(H,30,31)/t18-,21+,25?/m1/s1. The zero-order valence-electron chi connectivity index (χ0n) is 18.6. The minimum Gasteiger partial charge on any atom is -0.465 e. The SMILES string of the molecule is C[C@@H](OCc1ccccc1)[C@@H](C(=O)OCc1ccccc1)N1CC2(CCCN2C(=O)O)C1=O. The number of amides is 2. The normalized spacial score (nSPS) is 21.5. The van der Waals surface area contributed by atoms with E-state index in [0.717, 1.165) is 11.1 Å². The van der Waals surface area contributed by atoms with Crippen LogP contribution in [0.15, 0.2) is 60.7 Å². The molecular weight excluding hydrogens is 424 g/mol. The molecule has 2 amide bonds. The Morgan fingerprint density at radius 1 is 1.03 bits per heavy atom. The summed E-state index contributed by atoms with van der Waals surface area (Å²) in [5, 5.41) is 9.53. The van der Waals surface area contributed by atoms with Gasteiger partial charge in [0.05, 0.1) is 19.3 Å². The van der Waals surface area contributed by atoms with Gasteiger partial charge in [0.1, 0.15) is 12.1 Å². The molecule has 0 bridgehead atoms. The van der Waals surface area contributed by atoms with Crippen molar-refractivity contribution in [3.05, 3.63) is 71.8 Å². The maximum absolute atomic E-state index is 13.3. The van der Waals surface area contributed by atoms with Gasteiger partial charge in [-0.2, -0.15) is 0 Å². The largest absolute Gasteiger partial charge is 0.465 e. The second-order valence-corrected chi connectivity index (χ2v) is 8.54. The second-order valence-electron chi connectivity index (χ2n) is 8.54. The fraction of sp³-hybridized carbons (Fsp3) is 0.400. The lowest BCUT2D eigenvalue weighted by molar-refractivity contribution is -0.181. The molecule has 0 saturated carbocycles. The molecule has 0 aromatic heterocycles. The molecule has 2 fully saturated rings. The first-order valence-corrected chi connectivity index (χ1v) is 11.1. The van der Waals surface area contributed by atoms with E-state index in [1.54, 1.807) is 6.92 Å². The summed E-state index contributed by atoms with van der Waals surface area (Å²) < 4.78 is 11.5. The van der Waals surface area contributed by atoms with Crippen molar-refractivity contribution in [3.63, 3.8) is 0 Å². The summed E-state index contributed by atoms with van der Waals surface area (Å²) in [5.41, 5.74) is 0.699. The van der Waals surface area contributed by atoms with E-state index in [-0.39, 0.29) is 25.7 Å². The van der Waals surface area contributed by atoms with Gasteiger partial charge in [0.15, 0.2) is 6.04 Å². The topological polar surface area (TPSA) is 96.4 Å². The van der Waals surface area contributed by atoms with E-state index in [1.807, 2.05) is 60.7 Å². The molecule has 1 spiro atoms. The Labute approximate surface area is 192 Å². The van der Waals surface area contributed by atoms with Gasteiger partial charge in [-0.25, -0.2) is 9.59 Å². The van der Waals surface area contributed by atoms with Gasteiger partial charge in [0.25, 0.3) is 5.91 Å². The number of benzene rings is 2. The number of carboxylic acid groups (broad SMARTS) is 1. The maximum Gasteiger partial charge on any atom is 0.408 e. The lowest BCUT2D eigenvalue weighted by Gasteiger charge is -2.53. The molecule has 8 heteroatoms. The summed E-state index contributed by atoms with van der Waals surface area (Å²) in [4.78, 5) is 40.7. The fourth-order valence-corrected chi connectivity index (χ4v) is 4.65. The number of hydrogen-bond donors (Lipinski definition) is 1. The van der Waals surface area contributed by atoms with Crippen LogP contribution in [0.5, 0.6) is 0 Å². The van der Waals surface area contributed by atoms with Crippen LogP contribution in [-0.4, -0.2) is 63.7 Å². The van der Waals surface area contributed by atoms with E-state index in [0.29, 0.717) is 19.4 Å². The van der Waals surface area contributed by atoms with E-state index < -0.39 is 29.7 Å². The summed E-state index contributed by atoms with van der Waals surface area (Å²) in [5.74, 6) is -0.929. The number of esters is 1. The summed E-state index contributed by atoms with van der Waals surface area (Å²) >= 11 is 0. The molecule has 174 valence electrons. The number of rotatable bonds is 8. The Balaban J connectivity index is 1.49. The summed E-state index contributed by atoms with van der Waals surface area (Å²) in [6.07, 6.45) is -0.680. The zero-order chi connectivity index (χ0) is 23.4. The highest BCUT2D eigenvalue weighted by atomic mass is 16.5. The van der Waals surface area contributed by atoms with Crippen molar-refractivity contribution in [1.82, 2.24) is 9.80 Å².